The average molecular weight is 470 g/mol. The summed E-state index contributed by atoms with van der Waals surface area (Å²) in [6, 6.07) is 11.1. The first-order valence-electron chi connectivity index (χ1n) is 11.1. The molecule has 4 aromatic rings. The van der Waals surface area contributed by atoms with Crippen LogP contribution in [-0.2, 0) is 6.54 Å². The van der Waals surface area contributed by atoms with Crippen LogP contribution in [0.2, 0.25) is 0 Å². The van der Waals surface area contributed by atoms with Gasteiger partial charge in [0.15, 0.2) is 5.49 Å². The van der Waals surface area contributed by atoms with Crippen LogP contribution < -0.4 is 11.0 Å². The number of nitrogens with zero attached hydrogens (tertiary/aromatic N) is 6. The van der Waals surface area contributed by atoms with E-state index in [1.54, 1.807) is 23.8 Å². The number of pyridine rings is 2. The fourth-order valence-electron chi connectivity index (χ4n) is 3.92. The minimum atomic E-state index is -0.733. The number of aryl methyl sites for hydroxylation is 3. The SMILES string of the molecule is CCCCn1c(=NC(=O)c2ccc(C)c([N+](=O)[O-])c2)c(C#N)cc2c(=O)n3cccc(C)c3nc21. The van der Waals surface area contributed by atoms with Crippen LogP contribution in [0, 0.1) is 35.3 Å². The molecule has 0 saturated carbocycles. The highest BCUT2D eigenvalue weighted by molar-refractivity contribution is 5.96. The Hall–Kier alpha value is -4.65. The lowest BCUT2D eigenvalue weighted by atomic mass is 10.1. The smallest absolute Gasteiger partial charge is 0.279 e. The molecule has 0 unspecified atom stereocenters. The summed E-state index contributed by atoms with van der Waals surface area (Å²) in [6.07, 6.45) is 3.12. The molecule has 0 aliphatic heterocycles. The van der Waals surface area contributed by atoms with Crippen molar-refractivity contribution in [3.63, 3.8) is 0 Å². The van der Waals surface area contributed by atoms with Crippen LogP contribution in [0.25, 0.3) is 16.7 Å². The number of fused-ring (bicyclic) bond motifs is 2. The van der Waals surface area contributed by atoms with E-state index in [2.05, 4.69) is 4.99 Å². The number of amides is 1. The van der Waals surface area contributed by atoms with E-state index in [-0.39, 0.29) is 33.2 Å². The monoisotopic (exact) mass is 470 g/mol. The molecule has 0 aliphatic rings. The highest BCUT2D eigenvalue weighted by Gasteiger charge is 2.18. The van der Waals surface area contributed by atoms with E-state index in [0.29, 0.717) is 29.8 Å². The van der Waals surface area contributed by atoms with Gasteiger partial charge in [-0.1, -0.05) is 25.5 Å². The first-order valence-corrected chi connectivity index (χ1v) is 11.1. The summed E-state index contributed by atoms with van der Waals surface area (Å²) in [5, 5.41) is 21.4. The van der Waals surface area contributed by atoms with Crippen molar-refractivity contribution in [3.05, 3.63) is 90.8 Å². The van der Waals surface area contributed by atoms with E-state index in [4.69, 9.17) is 4.98 Å². The van der Waals surface area contributed by atoms with Gasteiger partial charge < -0.3 is 4.57 Å². The zero-order valence-electron chi connectivity index (χ0n) is 19.5. The highest BCUT2D eigenvalue weighted by atomic mass is 16.6. The van der Waals surface area contributed by atoms with Gasteiger partial charge in [-0.15, -0.1) is 0 Å². The zero-order chi connectivity index (χ0) is 25.3. The molecular formula is C25H22N6O4. The third kappa shape index (κ3) is 4.19. The van der Waals surface area contributed by atoms with Crippen LogP contribution in [0.15, 0.2) is 52.4 Å². The Balaban J connectivity index is 2.06. The Morgan fingerprint density at radius 2 is 1.97 bits per heavy atom. The molecule has 176 valence electrons. The summed E-state index contributed by atoms with van der Waals surface area (Å²) in [5.74, 6) is -0.733. The average Bonchev–Trinajstić information content (AvgIpc) is 2.84. The number of hydrogen-bond acceptors (Lipinski definition) is 6. The number of unbranched alkanes of at least 4 members (excludes halogenated alkanes) is 1. The van der Waals surface area contributed by atoms with Gasteiger partial charge in [0.1, 0.15) is 17.4 Å². The third-order valence-electron chi connectivity index (χ3n) is 5.82. The maximum absolute atomic E-state index is 13.3. The summed E-state index contributed by atoms with van der Waals surface area (Å²) < 4.78 is 3.04. The molecule has 0 saturated heterocycles. The fraction of sp³-hybridized carbons (Fsp3) is 0.240. The topological polar surface area (TPSA) is 136 Å². The molecule has 0 spiro atoms. The molecule has 10 heteroatoms. The van der Waals surface area contributed by atoms with Gasteiger partial charge in [0, 0.05) is 29.9 Å². The number of rotatable bonds is 5. The van der Waals surface area contributed by atoms with E-state index in [1.807, 2.05) is 26.0 Å². The quantitative estimate of drug-likeness (QED) is 0.248. The Bertz CT molecular complexity index is 1690. The standard InChI is InChI=1S/C25H22N6O4/c1-4-5-10-29-22(28-24(32)17-9-8-15(2)20(13-17)31(34)35)18(14-26)12-19-23(29)27-21-16(3)7-6-11-30(21)25(19)33/h6-9,11-13H,4-5,10H2,1-3H3. The lowest BCUT2D eigenvalue weighted by Crippen LogP contribution is -2.29. The first kappa shape index (κ1) is 23.5. The number of hydrogen-bond donors (Lipinski definition) is 0. The molecule has 4 rings (SSSR count). The lowest BCUT2D eigenvalue weighted by Gasteiger charge is -2.14. The number of carbonyl (C=O) groups is 1. The molecule has 3 heterocycles. The van der Waals surface area contributed by atoms with Gasteiger partial charge in [-0.05, 0) is 44.0 Å². The number of nitro benzene ring substituents is 1. The largest absolute Gasteiger partial charge is 0.309 e. The van der Waals surface area contributed by atoms with Crippen molar-refractivity contribution in [1.82, 2.24) is 14.0 Å². The lowest BCUT2D eigenvalue weighted by molar-refractivity contribution is -0.385. The van der Waals surface area contributed by atoms with E-state index < -0.39 is 10.8 Å². The molecule has 0 aliphatic carbocycles. The summed E-state index contributed by atoms with van der Waals surface area (Å²) in [7, 11) is 0. The molecule has 0 fully saturated rings. The van der Waals surface area contributed by atoms with Crippen molar-refractivity contribution >= 4 is 28.3 Å². The van der Waals surface area contributed by atoms with Crippen molar-refractivity contribution in [1.29, 1.82) is 5.26 Å². The third-order valence-corrected chi connectivity index (χ3v) is 5.82. The number of carbonyl (C=O) groups excluding carboxylic acids is 1. The first-order chi connectivity index (χ1) is 16.8. The van der Waals surface area contributed by atoms with Crippen molar-refractivity contribution in [3.8, 4) is 6.07 Å². The maximum atomic E-state index is 13.3. The molecule has 35 heavy (non-hydrogen) atoms. The number of nitriles is 1. The molecule has 1 amide bonds. The number of aromatic nitrogens is 3. The molecule has 0 atom stereocenters. The van der Waals surface area contributed by atoms with Crippen molar-refractivity contribution < 1.29 is 9.72 Å². The van der Waals surface area contributed by atoms with E-state index >= 15 is 0 Å². The zero-order valence-corrected chi connectivity index (χ0v) is 19.5. The summed E-state index contributed by atoms with van der Waals surface area (Å²) in [4.78, 5) is 46.0. The number of nitro groups is 1. The molecule has 3 aromatic heterocycles. The molecular weight excluding hydrogens is 448 g/mol. The summed E-state index contributed by atoms with van der Waals surface area (Å²) in [6.45, 7) is 5.78. The van der Waals surface area contributed by atoms with Crippen molar-refractivity contribution in [2.45, 2.75) is 40.2 Å². The van der Waals surface area contributed by atoms with Gasteiger partial charge in [-0.2, -0.15) is 10.3 Å². The Morgan fingerprint density at radius 1 is 1.20 bits per heavy atom. The molecule has 10 nitrogen and oxygen atoms in total. The van der Waals surface area contributed by atoms with Gasteiger partial charge in [-0.25, -0.2) is 4.98 Å². The molecule has 0 bridgehead atoms. The number of benzene rings is 1. The van der Waals surface area contributed by atoms with Crippen LogP contribution in [0.4, 0.5) is 5.69 Å². The Labute approximate surface area is 199 Å². The second-order valence-electron chi connectivity index (χ2n) is 8.21. The van der Waals surface area contributed by atoms with Gasteiger partial charge in [0.05, 0.1) is 15.9 Å². The van der Waals surface area contributed by atoms with E-state index in [0.717, 1.165) is 12.0 Å². The van der Waals surface area contributed by atoms with Gasteiger partial charge in [0.25, 0.3) is 17.2 Å². The summed E-state index contributed by atoms with van der Waals surface area (Å²) >= 11 is 0. The van der Waals surface area contributed by atoms with E-state index in [1.165, 1.54) is 28.7 Å². The second kappa shape index (κ2) is 9.30. The Morgan fingerprint density at radius 3 is 2.66 bits per heavy atom. The highest BCUT2D eigenvalue weighted by Crippen LogP contribution is 2.20. The van der Waals surface area contributed by atoms with Crippen LogP contribution in [-0.4, -0.2) is 24.8 Å². The normalized spacial score (nSPS) is 11.7. The van der Waals surface area contributed by atoms with Gasteiger partial charge in [0.2, 0.25) is 0 Å². The second-order valence-corrected chi connectivity index (χ2v) is 8.21. The van der Waals surface area contributed by atoms with Crippen LogP contribution in [0.1, 0.15) is 46.8 Å². The van der Waals surface area contributed by atoms with Crippen molar-refractivity contribution in [2.24, 2.45) is 4.99 Å². The van der Waals surface area contributed by atoms with Crippen LogP contribution in [0.5, 0.6) is 0 Å². The molecule has 0 N–H and O–H groups in total. The predicted molar refractivity (Wildman–Crippen MR) is 129 cm³/mol. The fourth-order valence-corrected chi connectivity index (χ4v) is 3.92. The minimum Gasteiger partial charge on any atom is -0.309 e. The summed E-state index contributed by atoms with van der Waals surface area (Å²) in [5.41, 5.74) is 1.59. The maximum Gasteiger partial charge on any atom is 0.279 e. The van der Waals surface area contributed by atoms with Gasteiger partial charge in [-0.3, -0.25) is 24.1 Å². The van der Waals surface area contributed by atoms with E-state index in [9.17, 15) is 25.0 Å². The predicted octanol–water partition coefficient (Wildman–Crippen LogP) is 3.59. The minimum absolute atomic E-state index is 0.0238. The van der Waals surface area contributed by atoms with Crippen LogP contribution >= 0.6 is 0 Å². The molecule has 0 radical (unpaired) electrons. The molecule has 1 aromatic carbocycles. The van der Waals surface area contributed by atoms with Gasteiger partial charge >= 0.3 is 0 Å². The van der Waals surface area contributed by atoms with Crippen LogP contribution in [0.3, 0.4) is 0 Å². The van der Waals surface area contributed by atoms with Crippen molar-refractivity contribution in [2.75, 3.05) is 0 Å². The Kier molecular flexibility index (Phi) is 6.25.